The molecule has 5 nitrogen and oxygen atoms in total. The summed E-state index contributed by atoms with van der Waals surface area (Å²) in [7, 11) is 0. The third kappa shape index (κ3) is 18.3. The average molecular weight is 352 g/mol. The fourth-order valence-corrected chi connectivity index (χ4v) is 2.28. The third-order valence-electron chi connectivity index (χ3n) is 3.61. The molecule has 0 aromatic heterocycles. The zero-order valence-electron chi connectivity index (χ0n) is 15.2. The van der Waals surface area contributed by atoms with E-state index in [9.17, 15) is 4.79 Å². The molecule has 0 heterocycles. The number of rotatable bonds is 16. The summed E-state index contributed by atoms with van der Waals surface area (Å²) < 4.78 is 0. The first-order chi connectivity index (χ1) is 12.2. The minimum absolute atomic E-state index is 0.188. The molecule has 0 radical (unpaired) electrons. The molecule has 25 heavy (non-hydrogen) atoms. The van der Waals surface area contributed by atoms with Gasteiger partial charge in [-0.15, -0.1) is 0 Å². The van der Waals surface area contributed by atoms with Crippen molar-refractivity contribution >= 4 is 5.97 Å². The smallest absolute Gasteiger partial charge is 0.328 e. The Balaban J connectivity index is 3.79. The molecule has 0 bridgehead atoms. The van der Waals surface area contributed by atoms with Gasteiger partial charge in [0.05, 0.1) is 0 Å². The van der Waals surface area contributed by atoms with E-state index in [4.69, 9.17) is 10.4 Å². The molecule has 0 aliphatic heterocycles. The number of allylic oxidation sites excluding steroid dienone is 6. The van der Waals surface area contributed by atoms with Gasteiger partial charge in [-0.2, -0.15) is 0 Å². The summed E-state index contributed by atoms with van der Waals surface area (Å²) in [5.74, 6) is -0.877. The van der Waals surface area contributed by atoms with E-state index in [2.05, 4.69) is 22.9 Å². The number of hydrogen-bond donors (Lipinski definition) is 2. The molecular formula is C20H32O5. The van der Waals surface area contributed by atoms with Gasteiger partial charge in [0.2, 0.25) is 0 Å². The lowest BCUT2D eigenvalue weighted by Gasteiger charge is -2.00. The molecule has 0 fully saturated rings. The van der Waals surface area contributed by atoms with Crippen molar-refractivity contribution in [3.63, 3.8) is 0 Å². The van der Waals surface area contributed by atoms with Crippen molar-refractivity contribution in [2.24, 2.45) is 0 Å². The Kier molecular flexibility index (Phi) is 17.1. The average Bonchev–Trinajstić information content (AvgIpc) is 2.58. The molecule has 0 spiro atoms. The van der Waals surface area contributed by atoms with Gasteiger partial charge in [0, 0.05) is 6.08 Å². The maximum Gasteiger partial charge on any atom is 0.328 e. The van der Waals surface area contributed by atoms with E-state index >= 15 is 0 Å². The van der Waals surface area contributed by atoms with Crippen LogP contribution in [0.4, 0.5) is 0 Å². The van der Waals surface area contributed by atoms with Crippen molar-refractivity contribution < 1.29 is 25.1 Å². The predicted molar refractivity (Wildman–Crippen MR) is 99.8 cm³/mol. The highest BCUT2D eigenvalue weighted by molar-refractivity contribution is 5.80. The summed E-state index contributed by atoms with van der Waals surface area (Å²) in [4.78, 5) is 14.8. The van der Waals surface area contributed by atoms with Crippen LogP contribution in [-0.4, -0.2) is 16.3 Å². The Morgan fingerprint density at radius 3 is 2.12 bits per heavy atom. The quantitative estimate of drug-likeness (QED) is 0.0894. The first-order valence-electron chi connectivity index (χ1n) is 9.13. The van der Waals surface area contributed by atoms with Crippen LogP contribution < -0.4 is 0 Å². The number of carbonyl (C=O) groups is 1. The lowest BCUT2D eigenvalue weighted by molar-refractivity contribution is -0.470. The van der Waals surface area contributed by atoms with Crippen molar-refractivity contribution in [1.29, 1.82) is 0 Å². The van der Waals surface area contributed by atoms with Crippen LogP contribution >= 0.6 is 0 Å². The monoisotopic (exact) mass is 352 g/mol. The molecule has 0 aromatic rings. The van der Waals surface area contributed by atoms with E-state index in [0.29, 0.717) is 0 Å². The molecule has 0 amide bonds. The molecule has 0 saturated heterocycles. The van der Waals surface area contributed by atoms with Crippen molar-refractivity contribution in [2.75, 3.05) is 0 Å². The Hall–Kier alpha value is -1.85. The first kappa shape index (κ1) is 23.1. The Bertz CT molecular complexity index is 435. The second kappa shape index (κ2) is 18.5. The summed E-state index contributed by atoms with van der Waals surface area (Å²) in [5, 5.41) is 20.4. The first-order valence-corrected chi connectivity index (χ1v) is 9.13. The summed E-state index contributed by atoms with van der Waals surface area (Å²) >= 11 is 0. The highest BCUT2D eigenvalue weighted by atomic mass is 17.5. The van der Waals surface area contributed by atoms with Gasteiger partial charge < -0.3 is 9.99 Å². The normalized spacial score (nSPS) is 12.6. The summed E-state index contributed by atoms with van der Waals surface area (Å²) in [6.07, 6.45) is 23.7. The van der Waals surface area contributed by atoms with E-state index in [0.717, 1.165) is 12.5 Å². The van der Waals surface area contributed by atoms with E-state index < -0.39 is 5.97 Å². The second-order valence-corrected chi connectivity index (χ2v) is 5.83. The van der Waals surface area contributed by atoms with Gasteiger partial charge in [0.25, 0.3) is 0 Å². The molecule has 0 saturated carbocycles. The molecule has 2 N–H and O–H groups in total. The molecular weight excluding hydrogens is 320 g/mol. The Morgan fingerprint density at radius 1 is 0.880 bits per heavy atom. The largest absolute Gasteiger partial charge is 0.478 e. The number of hydrogen-bond acceptors (Lipinski definition) is 4. The zero-order chi connectivity index (χ0) is 18.6. The van der Waals surface area contributed by atoms with Crippen molar-refractivity contribution in [3.8, 4) is 0 Å². The van der Waals surface area contributed by atoms with Crippen LogP contribution in [0.25, 0.3) is 0 Å². The molecule has 0 rings (SSSR count). The number of carboxylic acid groups (broad SMARTS) is 1. The van der Waals surface area contributed by atoms with Gasteiger partial charge in [-0.1, -0.05) is 82.6 Å². The van der Waals surface area contributed by atoms with Crippen LogP contribution in [0, 0.1) is 0 Å². The minimum atomic E-state index is -1.06. The highest BCUT2D eigenvalue weighted by Crippen LogP contribution is 2.10. The van der Waals surface area contributed by atoms with Crippen molar-refractivity contribution in [3.05, 3.63) is 48.3 Å². The van der Waals surface area contributed by atoms with E-state index in [-0.39, 0.29) is 5.76 Å². The van der Waals surface area contributed by atoms with Crippen molar-refractivity contribution in [1.82, 2.24) is 0 Å². The topological polar surface area (TPSA) is 76.0 Å². The van der Waals surface area contributed by atoms with Crippen LogP contribution in [-0.2, 0) is 14.7 Å². The van der Waals surface area contributed by atoms with E-state index in [1.807, 2.05) is 6.08 Å². The fourth-order valence-electron chi connectivity index (χ4n) is 2.28. The lowest BCUT2D eigenvalue weighted by atomic mass is 10.1. The second-order valence-electron chi connectivity index (χ2n) is 5.83. The Labute approximate surface area is 151 Å². The van der Waals surface area contributed by atoms with Gasteiger partial charge in [-0.05, 0) is 30.0 Å². The molecule has 0 unspecified atom stereocenters. The number of aliphatic carboxylic acids is 1. The molecule has 0 atom stereocenters. The van der Waals surface area contributed by atoms with E-state index in [1.54, 1.807) is 12.2 Å². The maximum atomic E-state index is 10.4. The molecule has 5 heteroatoms. The van der Waals surface area contributed by atoms with Gasteiger partial charge in [0.15, 0.2) is 5.76 Å². The fraction of sp³-hybridized carbons (Fsp3) is 0.550. The van der Waals surface area contributed by atoms with Crippen molar-refractivity contribution in [2.45, 2.75) is 71.1 Å². The van der Waals surface area contributed by atoms with Gasteiger partial charge in [0.1, 0.15) is 0 Å². The third-order valence-corrected chi connectivity index (χ3v) is 3.61. The summed E-state index contributed by atoms with van der Waals surface area (Å²) in [5.41, 5.74) is 0. The standard InChI is InChI=1S/C20H32O5/c1-2-3-4-5-6-7-8-9-10-11-12-13-14-16-19(24-25-23)17-15-18-20(21)22/h12-18,23H,2-11H2,1H3,(H,21,22). The summed E-state index contributed by atoms with van der Waals surface area (Å²) in [6, 6.07) is 0. The minimum Gasteiger partial charge on any atom is -0.478 e. The molecule has 0 aliphatic rings. The molecule has 0 aliphatic carbocycles. The molecule has 0 aromatic carbocycles. The highest BCUT2D eigenvalue weighted by Gasteiger charge is 1.93. The predicted octanol–water partition coefficient (Wildman–Crippen LogP) is 5.97. The molecule has 142 valence electrons. The Morgan fingerprint density at radius 2 is 1.52 bits per heavy atom. The van der Waals surface area contributed by atoms with E-state index in [1.165, 1.54) is 69.9 Å². The van der Waals surface area contributed by atoms with Gasteiger partial charge in [-0.25, -0.2) is 10.1 Å². The summed E-state index contributed by atoms with van der Waals surface area (Å²) in [6.45, 7) is 2.24. The van der Waals surface area contributed by atoms with Gasteiger partial charge >= 0.3 is 5.97 Å². The van der Waals surface area contributed by atoms with Crippen LogP contribution in [0.3, 0.4) is 0 Å². The lowest BCUT2D eigenvalue weighted by Crippen LogP contribution is -1.88. The number of carboxylic acids is 1. The van der Waals surface area contributed by atoms with Crippen LogP contribution in [0.15, 0.2) is 48.3 Å². The maximum absolute atomic E-state index is 10.4. The number of unbranched alkanes of at least 4 members (excludes halogenated alkanes) is 9. The zero-order valence-corrected chi connectivity index (χ0v) is 15.2. The SMILES string of the molecule is CCCCCCCCCCCC=CC=CC(=CC=CC(=O)O)OOO. The van der Waals surface area contributed by atoms with Crippen LogP contribution in [0.2, 0.25) is 0 Å². The van der Waals surface area contributed by atoms with Gasteiger partial charge in [-0.3, -0.25) is 0 Å². The van der Waals surface area contributed by atoms with Crippen LogP contribution in [0.1, 0.15) is 71.1 Å². The van der Waals surface area contributed by atoms with Crippen LogP contribution in [0.5, 0.6) is 0 Å².